The molecule has 0 spiro atoms. The predicted octanol–water partition coefficient (Wildman–Crippen LogP) is 3.76. The van der Waals surface area contributed by atoms with Crippen molar-refractivity contribution in [2.45, 2.75) is 13.8 Å². The first-order valence-corrected chi connectivity index (χ1v) is 5.41. The number of amides is 1. The lowest BCUT2D eigenvalue weighted by Gasteiger charge is -2.06. The number of fused-ring (bicyclic) bond motifs is 1. The summed E-state index contributed by atoms with van der Waals surface area (Å²) in [7, 11) is 0. The molecule has 16 heavy (non-hydrogen) atoms. The smallest absolute Gasteiger partial charge is 0.221 e. The van der Waals surface area contributed by atoms with Gasteiger partial charge in [0.15, 0.2) is 0 Å². The van der Waals surface area contributed by atoms with Crippen molar-refractivity contribution >= 4 is 34.0 Å². The number of anilines is 1. The van der Waals surface area contributed by atoms with E-state index in [9.17, 15) is 4.79 Å². The van der Waals surface area contributed by atoms with Crippen molar-refractivity contribution in [3.05, 3.63) is 40.9 Å². The molecule has 1 N–H and O–H groups in total. The molecule has 0 bridgehead atoms. The first-order chi connectivity index (χ1) is 7.56. The van der Waals surface area contributed by atoms with Crippen molar-refractivity contribution in [1.82, 2.24) is 0 Å². The van der Waals surface area contributed by atoms with Gasteiger partial charge >= 0.3 is 0 Å². The van der Waals surface area contributed by atoms with E-state index in [4.69, 9.17) is 11.6 Å². The maximum atomic E-state index is 10.9. The van der Waals surface area contributed by atoms with Crippen molar-refractivity contribution in [2.75, 3.05) is 5.32 Å². The molecule has 3 heteroatoms. The zero-order valence-corrected chi connectivity index (χ0v) is 9.93. The van der Waals surface area contributed by atoms with Crippen LogP contribution in [0, 0.1) is 6.92 Å². The Morgan fingerprint density at radius 2 is 2.00 bits per heavy atom. The van der Waals surface area contributed by atoms with E-state index in [2.05, 4.69) is 11.4 Å². The van der Waals surface area contributed by atoms with E-state index in [1.54, 1.807) is 0 Å². The molecule has 0 heterocycles. The van der Waals surface area contributed by atoms with Crippen LogP contribution in [0.25, 0.3) is 10.8 Å². The summed E-state index contributed by atoms with van der Waals surface area (Å²) in [5.41, 5.74) is 1.90. The molecule has 2 nitrogen and oxygen atoms in total. The van der Waals surface area contributed by atoms with E-state index in [0.29, 0.717) is 5.02 Å². The summed E-state index contributed by atoms with van der Waals surface area (Å²) in [5, 5.41) is 5.49. The van der Waals surface area contributed by atoms with Crippen molar-refractivity contribution in [1.29, 1.82) is 0 Å². The number of benzene rings is 2. The van der Waals surface area contributed by atoms with Crippen molar-refractivity contribution in [3.63, 3.8) is 0 Å². The summed E-state index contributed by atoms with van der Waals surface area (Å²) >= 11 is 6.16. The Morgan fingerprint density at radius 3 is 2.69 bits per heavy atom. The minimum absolute atomic E-state index is 0.0809. The summed E-state index contributed by atoms with van der Waals surface area (Å²) < 4.78 is 0. The third kappa shape index (κ3) is 2.17. The Kier molecular flexibility index (Phi) is 2.84. The summed E-state index contributed by atoms with van der Waals surface area (Å²) in [4.78, 5) is 10.9. The van der Waals surface area contributed by atoms with Gasteiger partial charge in [0.2, 0.25) is 5.91 Å². The van der Waals surface area contributed by atoms with Crippen LogP contribution < -0.4 is 5.32 Å². The van der Waals surface area contributed by atoms with Crippen LogP contribution in [0.5, 0.6) is 0 Å². The van der Waals surface area contributed by atoms with Crippen LogP contribution >= 0.6 is 11.6 Å². The minimum Gasteiger partial charge on any atom is -0.326 e. The fourth-order valence-corrected chi connectivity index (χ4v) is 2.07. The molecule has 1 amide bonds. The number of halogens is 1. The maximum Gasteiger partial charge on any atom is 0.221 e. The zero-order valence-electron chi connectivity index (χ0n) is 9.17. The monoisotopic (exact) mass is 233 g/mol. The van der Waals surface area contributed by atoms with E-state index in [1.807, 2.05) is 31.2 Å². The fourth-order valence-electron chi connectivity index (χ4n) is 1.73. The highest BCUT2D eigenvalue weighted by Gasteiger charge is 2.02. The molecule has 0 aromatic heterocycles. The number of hydrogen-bond acceptors (Lipinski definition) is 1. The van der Waals surface area contributed by atoms with Crippen molar-refractivity contribution in [3.8, 4) is 0 Å². The number of carbonyl (C=O) groups excluding carboxylic acids is 1. The molecular weight excluding hydrogens is 222 g/mol. The molecule has 0 saturated heterocycles. The van der Waals surface area contributed by atoms with Crippen LogP contribution in [-0.2, 0) is 4.79 Å². The molecule has 82 valence electrons. The number of aryl methyl sites for hydroxylation is 1. The third-order valence-electron chi connectivity index (χ3n) is 2.37. The van der Waals surface area contributed by atoms with Gasteiger partial charge < -0.3 is 5.32 Å². The summed E-state index contributed by atoms with van der Waals surface area (Å²) in [6.45, 7) is 3.49. The zero-order chi connectivity index (χ0) is 11.7. The highest BCUT2D eigenvalue weighted by Crippen LogP contribution is 2.27. The summed E-state index contributed by atoms with van der Waals surface area (Å²) in [5.74, 6) is -0.0809. The van der Waals surface area contributed by atoms with Crippen LogP contribution in [0.1, 0.15) is 12.5 Å². The van der Waals surface area contributed by atoms with Gasteiger partial charge in [0.1, 0.15) is 0 Å². The molecule has 0 unspecified atom stereocenters. The molecule has 0 saturated carbocycles. The summed E-state index contributed by atoms with van der Waals surface area (Å²) in [6.07, 6.45) is 0. The molecule has 2 aromatic carbocycles. The second-order valence-corrected chi connectivity index (χ2v) is 4.27. The number of hydrogen-bond donors (Lipinski definition) is 1. The molecule has 0 fully saturated rings. The molecule has 0 aliphatic rings. The molecule has 0 radical (unpaired) electrons. The second kappa shape index (κ2) is 4.14. The van der Waals surface area contributed by atoms with E-state index in [-0.39, 0.29) is 5.91 Å². The average molecular weight is 234 g/mol. The van der Waals surface area contributed by atoms with Crippen LogP contribution in [0.3, 0.4) is 0 Å². The van der Waals surface area contributed by atoms with Crippen LogP contribution in [0.15, 0.2) is 30.3 Å². The molecular formula is C13H12ClNO. The second-order valence-electron chi connectivity index (χ2n) is 3.86. The van der Waals surface area contributed by atoms with Gasteiger partial charge in [0.05, 0.1) is 0 Å². The van der Waals surface area contributed by atoms with Gasteiger partial charge in [-0.25, -0.2) is 0 Å². The molecule has 2 aromatic rings. The third-order valence-corrected chi connectivity index (χ3v) is 2.68. The van der Waals surface area contributed by atoms with Gasteiger partial charge in [-0.3, -0.25) is 4.79 Å². The molecule has 2 rings (SSSR count). The highest BCUT2D eigenvalue weighted by molar-refractivity contribution is 6.35. The van der Waals surface area contributed by atoms with E-state index in [1.165, 1.54) is 6.92 Å². The largest absolute Gasteiger partial charge is 0.326 e. The van der Waals surface area contributed by atoms with Gasteiger partial charge in [-0.1, -0.05) is 23.7 Å². The topological polar surface area (TPSA) is 29.1 Å². The van der Waals surface area contributed by atoms with Crippen LogP contribution in [-0.4, -0.2) is 5.91 Å². The Bertz CT molecular complexity index is 563. The molecule has 0 aliphatic heterocycles. The Hall–Kier alpha value is -1.54. The van der Waals surface area contributed by atoms with Crippen molar-refractivity contribution in [2.24, 2.45) is 0 Å². The summed E-state index contributed by atoms with van der Waals surface area (Å²) in [6, 6.07) is 9.71. The van der Waals surface area contributed by atoms with Gasteiger partial charge in [-0.05, 0) is 36.1 Å². The predicted molar refractivity (Wildman–Crippen MR) is 68.0 cm³/mol. The Balaban J connectivity index is 2.57. The van der Waals surface area contributed by atoms with Gasteiger partial charge in [0.25, 0.3) is 0 Å². The van der Waals surface area contributed by atoms with Crippen LogP contribution in [0.2, 0.25) is 5.02 Å². The normalized spacial score (nSPS) is 10.4. The first kappa shape index (κ1) is 11.0. The number of nitrogens with one attached hydrogen (secondary N) is 1. The first-order valence-electron chi connectivity index (χ1n) is 5.04. The number of rotatable bonds is 1. The van der Waals surface area contributed by atoms with Gasteiger partial charge in [0, 0.05) is 23.0 Å². The van der Waals surface area contributed by atoms with E-state index < -0.39 is 0 Å². The molecule has 0 atom stereocenters. The van der Waals surface area contributed by atoms with Crippen molar-refractivity contribution < 1.29 is 4.79 Å². The maximum absolute atomic E-state index is 10.9. The van der Waals surface area contributed by atoms with E-state index >= 15 is 0 Å². The van der Waals surface area contributed by atoms with E-state index in [0.717, 1.165) is 22.0 Å². The van der Waals surface area contributed by atoms with Gasteiger partial charge in [-0.2, -0.15) is 0 Å². The Labute approximate surface area is 99.2 Å². The SMILES string of the molecule is CC(=O)Nc1ccc2cc(C)cc(Cl)c2c1. The Morgan fingerprint density at radius 1 is 1.25 bits per heavy atom. The van der Waals surface area contributed by atoms with Crippen LogP contribution in [0.4, 0.5) is 5.69 Å². The lowest BCUT2D eigenvalue weighted by Crippen LogP contribution is -2.05. The average Bonchev–Trinajstić information content (AvgIpc) is 2.18. The number of carbonyl (C=O) groups is 1. The standard InChI is InChI=1S/C13H12ClNO/c1-8-5-10-3-4-11(15-9(2)16)7-12(10)13(14)6-8/h3-7H,1-2H3,(H,15,16). The lowest BCUT2D eigenvalue weighted by atomic mass is 10.1. The van der Waals surface area contributed by atoms with Gasteiger partial charge in [-0.15, -0.1) is 0 Å². The fraction of sp³-hybridized carbons (Fsp3) is 0.154. The highest BCUT2D eigenvalue weighted by atomic mass is 35.5. The molecule has 0 aliphatic carbocycles. The minimum atomic E-state index is -0.0809. The lowest BCUT2D eigenvalue weighted by molar-refractivity contribution is -0.114. The quantitative estimate of drug-likeness (QED) is 0.798.